The molecule has 0 fully saturated rings. The van der Waals surface area contributed by atoms with E-state index in [1.165, 1.54) is 0 Å². The molecule has 0 radical (unpaired) electrons. The highest BCUT2D eigenvalue weighted by molar-refractivity contribution is 5.80. The highest BCUT2D eigenvalue weighted by atomic mass is 16.1. The van der Waals surface area contributed by atoms with Crippen molar-refractivity contribution < 1.29 is 4.79 Å². The first-order valence-electron chi connectivity index (χ1n) is 3.76. The molecule has 0 aliphatic heterocycles. The van der Waals surface area contributed by atoms with Crippen molar-refractivity contribution in [1.29, 1.82) is 0 Å². The van der Waals surface area contributed by atoms with Gasteiger partial charge in [0.25, 0.3) is 0 Å². The van der Waals surface area contributed by atoms with Crippen LogP contribution in [0.5, 0.6) is 0 Å². The lowest BCUT2D eigenvalue weighted by atomic mass is 10.2. The summed E-state index contributed by atoms with van der Waals surface area (Å²) in [5.74, 6) is 0. The maximum absolute atomic E-state index is 10.2. The van der Waals surface area contributed by atoms with Crippen LogP contribution in [0, 0.1) is 6.92 Å². The summed E-state index contributed by atoms with van der Waals surface area (Å²) in [5.41, 5.74) is 2.90. The van der Waals surface area contributed by atoms with Crippen molar-refractivity contribution >= 4 is 17.8 Å². The lowest BCUT2D eigenvalue weighted by Crippen LogP contribution is -1.99. The van der Waals surface area contributed by atoms with Gasteiger partial charge in [-0.15, -0.1) is 0 Å². The SMILES string of the molecule is CNc1cc(C)ccc1NC=O. The molecule has 2 N–H and O–H groups in total. The normalized spacial score (nSPS) is 9.17. The minimum atomic E-state index is 0.672. The molecule has 64 valence electrons. The summed E-state index contributed by atoms with van der Waals surface area (Å²) in [6, 6.07) is 5.80. The van der Waals surface area contributed by atoms with Crippen LogP contribution in [-0.2, 0) is 4.79 Å². The van der Waals surface area contributed by atoms with Crippen LogP contribution in [0.2, 0.25) is 0 Å². The first kappa shape index (κ1) is 8.59. The van der Waals surface area contributed by atoms with Gasteiger partial charge >= 0.3 is 0 Å². The van der Waals surface area contributed by atoms with Crippen LogP contribution in [0.4, 0.5) is 11.4 Å². The van der Waals surface area contributed by atoms with E-state index >= 15 is 0 Å². The van der Waals surface area contributed by atoms with Crippen LogP contribution in [0.25, 0.3) is 0 Å². The maximum atomic E-state index is 10.2. The standard InChI is InChI=1S/C9H12N2O/c1-7-3-4-8(11-6-12)9(5-7)10-2/h3-6,10H,1-2H3,(H,11,12). The molecule has 0 aromatic heterocycles. The van der Waals surface area contributed by atoms with E-state index in [9.17, 15) is 4.79 Å². The molecule has 0 aliphatic carbocycles. The fraction of sp³-hybridized carbons (Fsp3) is 0.222. The molecule has 0 heterocycles. The monoisotopic (exact) mass is 164 g/mol. The number of benzene rings is 1. The van der Waals surface area contributed by atoms with E-state index in [4.69, 9.17) is 0 Å². The molecule has 0 bridgehead atoms. The van der Waals surface area contributed by atoms with E-state index in [0.717, 1.165) is 16.9 Å². The largest absolute Gasteiger partial charge is 0.386 e. The van der Waals surface area contributed by atoms with Gasteiger partial charge in [-0.05, 0) is 24.6 Å². The molecule has 1 amide bonds. The number of hydrogen-bond donors (Lipinski definition) is 2. The Bertz CT molecular complexity index is 284. The molecule has 12 heavy (non-hydrogen) atoms. The minimum Gasteiger partial charge on any atom is -0.386 e. The van der Waals surface area contributed by atoms with E-state index in [1.807, 2.05) is 32.2 Å². The zero-order valence-electron chi connectivity index (χ0n) is 7.22. The van der Waals surface area contributed by atoms with Gasteiger partial charge in [0, 0.05) is 7.05 Å². The van der Waals surface area contributed by atoms with Crippen molar-refractivity contribution in [2.75, 3.05) is 17.7 Å². The number of amides is 1. The summed E-state index contributed by atoms with van der Waals surface area (Å²) in [4.78, 5) is 10.2. The van der Waals surface area contributed by atoms with Crippen LogP contribution >= 0.6 is 0 Å². The Morgan fingerprint density at radius 3 is 2.67 bits per heavy atom. The summed E-state index contributed by atoms with van der Waals surface area (Å²) in [7, 11) is 1.82. The second-order valence-corrected chi connectivity index (χ2v) is 2.56. The molecule has 0 unspecified atom stereocenters. The van der Waals surface area contributed by atoms with Crippen LogP contribution in [-0.4, -0.2) is 13.5 Å². The Kier molecular flexibility index (Phi) is 2.69. The Morgan fingerprint density at radius 2 is 2.08 bits per heavy atom. The number of aryl methyl sites for hydroxylation is 1. The van der Waals surface area contributed by atoms with Crippen molar-refractivity contribution in [2.24, 2.45) is 0 Å². The Balaban J connectivity index is 3.01. The molecule has 3 heteroatoms. The summed E-state index contributed by atoms with van der Waals surface area (Å²) >= 11 is 0. The number of carbonyl (C=O) groups excluding carboxylic acids is 1. The zero-order valence-corrected chi connectivity index (χ0v) is 7.22. The van der Waals surface area contributed by atoms with Gasteiger partial charge in [0.15, 0.2) is 0 Å². The van der Waals surface area contributed by atoms with Crippen LogP contribution in [0.3, 0.4) is 0 Å². The van der Waals surface area contributed by atoms with Crippen molar-refractivity contribution in [1.82, 2.24) is 0 Å². The molecule has 1 aromatic rings. The van der Waals surface area contributed by atoms with E-state index in [0.29, 0.717) is 6.41 Å². The summed E-state index contributed by atoms with van der Waals surface area (Å²) < 4.78 is 0. The number of anilines is 2. The number of hydrogen-bond acceptors (Lipinski definition) is 2. The van der Waals surface area contributed by atoms with Gasteiger partial charge in [0.05, 0.1) is 11.4 Å². The molecule has 1 aromatic carbocycles. The average Bonchev–Trinajstić information content (AvgIpc) is 2.08. The predicted octanol–water partition coefficient (Wildman–Crippen LogP) is 1.61. The van der Waals surface area contributed by atoms with E-state index < -0.39 is 0 Å². The molecule has 0 atom stereocenters. The first-order chi connectivity index (χ1) is 5.77. The van der Waals surface area contributed by atoms with E-state index in [-0.39, 0.29) is 0 Å². The van der Waals surface area contributed by atoms with E-state index in [2.05, 4.69) is 10.6 Å². The molecular formula is C9H12N2O. The van der Waals surface area contributed by atoms with Crippen LogP contribution in [0.1, 0.15) is 5.56 Å². The molecule has 0 aliphatic rings. The van der Waals surface area contributed by atoms with Gasteiger partial charge in [-0.1, -0.05) is 6.07 Å². The number of nitrogens with one attached hydrogen (secondary N) is 2. The van der Waals surface area contributed by atoms with Gasteiger partial charge in [0.1, 0.15) is 0 Å². The number of rotatable bonds is 3. The molecule has 1 rings (SSSR count). The second-order valence-electron chi connectivity index (χ2n) is 2.56. The molecule has 0 saturated heterocycles. The quantitative estimate of drug-likeness (QED) is 0.666. The minimum absolute atomic E-state index is 0.672. The average molecular weight is 164 g/mol. The molecule has 0 spiro atoms. The Morgan fingerprint density at radius 1 is 1.33 bits per heavy atom. The molecule has 0 saturated carbocycles. The lowest BCUT2D eigenvalue weighted by Gasteiger charge is -2.07. The van der Waals surface area contributed by atoms with Crippen molar-refractivity contribution in [3.8, 4) is 0 Å². The highest BCUT2D eigenvalue weighted by Gasteiger charge is 1.98. The predicted molar refractivity (Wildman–Crippen MR) is 50.4 cm³/mol. The second kappa shape index (κ2) is 3.76. The first-order valence-corrected chi connectivity index (χ1v) is 3.76. The fourth-order valence-corrected chi connectivity index (χ4v) is 1.05. The number of carbonyl (C=O) groups is 1. The van der Waals surface area contributed by atoms with Gasteiger partial charge in [-0.3, -0.25) is 4.79 Å². The van der Waals surface area contributed by atoms with Gasteiger partial charge < -0.3 is 10.6 Å². The fourth-order valence-electron chi connectivity index (χ4n) is 1.05. The third kappa shape index (κ3) is 1.75. The Labute approximate surface area is 71.8 Å². The zero-order chi connectivity index (χ0) is 8.97. The third-order valence-corrected chi connectivity index (χ3v) is 1.66. The lowest BCUT2D eigenvalue weighted by molar-refractivity contribution is -0.105. The summed E-state index contributed by atoms with van der Waals surface area (Å²) in [5, 5.41) is 5.61. The van der Waals surface area contributed by atoms with Crippen molar-refractivity contribution in [3.63, 3.8) is 0 Å². The Hall–Kier alpha value is -1.51. The van der Waals surface area contributed by atoms with Crippen molar-refractivity contribution in [2.45, 2.75) is 6.92 Å². The molecule has 3 nitrogen and oxygen atoms in total. The van der Waals surface area contributed by atoms with Crippen LogP contribution in [0.15, 0.2) is 18.2 Å². The highest BCUT2D eigenvalue weighted by Crippen LogP contribution is 2.21. The van der Waals surface area contributed by atoms with Gasteiger partial charge in [-0.25, -0.2) is 0 Å². The summed E-state index contributed by atoms with van der Waals surface area (Å²) in [6.45, 7) is 2.01. The maximum Gasteiger partial charge on any atom is 0.211 e. The van der Waals surface area contributed by atoms with Gasteiger partial charge in [-0.2, -0.15) is 0 Å². The molecular weight excluding hydrogens is 152 g/mol. The van der Waals surface area contributed by atoms with E-state index in [1.54, 1.807) is 0 Å². The summed E-state index contributed by atoms with van der Waals surface area (Å²) in [6.07, 6.45) is 0.672. The van der Waals surface area contributed by atoms with Crippen molar-refractivity contribution in [3.05, 3.63) is 23.8 Å². The smallest absolute Gasteiger partial charge is 0.211 e. The van der Waals surface area contributed by atoms with Crippen LogP contribution < -0.4 is 10.6 Å². The third-order valence-electron chi connectivity index (χ3n) is 1.66. The van der Waals surface area contributed by atoms with Gasteiger partial charge in [0.2, 0.25) is 6.41 Å². The topological polar surface area (TPSA) is 41.1 Å².